The van der Waals surface area contributed by atoms with Crippen LogP contribution < -0.4 is 5.32 Å². The molecule has 0 saturated heterocycles. The number of esters is 1. The van der Waals surface area contributed by atoms with Crippen LogP contribution in [0, 0.1) is 0 Å². The summed E-state index contributed by atoms with van der Waals surface area (Å²) in [5.74, 6) is -0.197. The number of carbonyl (C=O) groups excluding carboxylic acids is 1. The van der Waals surface area contributed by atoms with Gasteiger partial charge in [0.15, 0.2) is 0 Å². The first-order valence-corrected chi connectivity index (χ1v) is 6.93. The smallest absolute Gasteiger partial charge is 0.326 e. The van der Waals surface area contributed by atoms with Gasteiger partial charge >= 0.3 is 5.97 Å². The molecule has 1 aromatic carbocycles. The molecule has 0 bridgehead atoms. The van der Waals surface area contributed by atoms with Crippen molar-refractivity contribution in [2.75, 3.05) is 7.11 Å². The number of halogens is 1. The number of methoxy groups -OCH3 is 1. The third kappa shape index (κ3) is 3.33. The van der Waals surface area contributed by atoms with Gasteiger partial charge in [0, 0.05) is 16.9 Å². The van der Waals surface area contributed by atoms with E-state index < -0.39 is 5.54 Å². The fraction of sp³-hybridized carbons (Fsp3) is 0.500. The highest BCUT2D eigenvalue weighted by atomic mass is 79.9. The van der Waals surface area contributed by atoms with E-state index in [4.69, 9.17) is 4.74 Å². The molecule has 1 aromatic rings. The molecule has 0 radical (unpaired) electrons. The van der Waals surface area contributed by atoms with Crippen molar-refractivity contribution in [2.45, 2.75) is 37.8 Å². The Hall–Kier alpha value is -0.870. The fourth-order valence-electron chi connectivity index (χ4n) is 2.10. The predicted octanol–water partition coefficient (Wildman–Crippen LogP) is 2.68. The van der Waals surface area contributed by atoms with Crippen molar-refractivity contribution in [1.82, 2.24) is 5.32 Å². The molecule has 1 unspecified atom stereocenters. The van der Waals surface area contributed by atoms with Gasteiger partial charge in [0.05, 0.1) is 7.11 Å². The first kappa shape index (κ1) is 13.6. The number of benzene rings is 1. The largest absolute Gasteiger partial charge is 0.468 e. The molecule has 2 rings (SSSR count). The minimum absolute atomic E-state index is 0.197. The molecule has 1 fully saturated rings. The molecule has 0 aromatic heterocycles. The van der Waals surface area contributed by atoms with E-state index in [0.717, 1.165) is 22.9 Å². The van der Waals surface area contributed by atoms with E-state index in [1.165, 1.54) is 7.11 Å². The van der Waals surface area contributed by atoms with Crippen LogP contribution in [0.1, 0.15) is 25.3 Å². The zero-order chi connectivity index (χ0) is 13.2. The van der Waals surface area contributed by atoms with Crippen LogP contribution in [0.4, 0.5) is 0 Å². The highest BCUT2D eigenvalue weighted by Gasteiger charge is 2.39. The standard InChI is InChI=1S/C14H18BrNO2/c1-14(13(17)18-2,16-12-7-8-12)9-10-3-5-11(15)6-4-10/h3-6,12,16H,7-9H2,1-2H3. The highest BCUT2D eigenvalue weighted by molar-refractivity contribution is 9.10. The maximum absolute atomic E-state index is 12.0. The Morgan fingerprint density at radius 1 is 1.44 bits per heavy atom. The monoisotopic (exact) mass is 311 g/mol. The first-order chi connectivity index (χ1) is 8.53. The van der Waals surface area contributed by atoms with E-state index in [2.05, 4.69) is 21.2 Å². The van der Waals surface area contributed by atoms with Gasteiger partial charge in [-0.25, -0.2) is 0 Å². The van der Waals surface area contributed by atoms with Crippen LogP contribution in [0.5, 0.6) is 0 Å². The maximum atomic E-state index is 12.0. The molecule has 0 amide bonds. The zero-order valence-electron chi connectivity index (χ0n) is 10.7. The average Bonchev–Trinajstić information content (AvgIpc) is 3.14. The fourth-order valence-corrected chi connectivity index (χ4v) is 2.36. The summed E-state index contributed by atoms with van der Waals surface area (Å²) < 4.78 is 5.97. The third-order valence-corrected chi connectivity index (χ3v) is 3.74. The summed E-state index contributed by atoms with van der Waals surface area (Å²) in [5, 5.41) is 3.39. The first-order valence-electron chi connectivity index (χ1n) is 6.14. The highest BCUT2D eigenvalue weighted by Crippen LogP contribution is 2.25. The second-order valence-electron chi connectivity index (χ2n) is 5.05. The van der Waals surface area contributed by atoms with Crippen LogP contribution in [-0.2, 0) is 16.0 Å². The third-order valence-electron chi connectivity index (χ3n) is 3.21. The number of nitrogens with one attached hydrogen (secondary N) is 1. The molecule has 1 N–H and O–H groups in total. The molecule has 1 atom stereocenters. The van der Waals surface area contributed by atoms with E-state index in [1.54, 1.807) is 0 Å². The second kappa shape index (κ2) is 5.41. The Balaban J connectivity index is 2.13. The number of rotatable bonds is 5. The molecule has 1 saturated carbocycles. The van der Waals surface area contributed by atoms with Crippen LogP contribution in [-0.4, -0.2) is 24.7 Å². The molecule has 4 heteroatoms. The van der Waals surface area contributed by atoms with Crippen molar-refractivity contribution in [3.63, 3.8) is 0 Å². The van der Waals surface area contributed by atoms with Crippen molar-refractivity contribution >= 4 is 21.9 Å². The zero-order valence-corrected chi connectivity index (χ0v) is 12.3. The Morgan fingerprint density at radius 3 is 2.56 bits per heavy atom. The van der Waals surface area contributed by atoms with Crippen LogP contribution >= 0.6 is 15.9 Å². The van der Waals surface area contributed by atoms with Crippen molar-refractivity contribution in [3.05, 3.63) is 34.3 Å². The van der Waals surface area contributed by atoms with Crippen molar-refractivity contribution in [3.8, 4) is 0 Å². The van der Waals surface area contributed by atoms with Gasteiger partial charge < -0.3 is 4.74 Å². The topological polar surface area (TPSA) is 38.3 Å². The van der Waals surface area contributed by atoms with Gasteiger partial charge in [0.2, 0.25) is 0 Å². The van der Waals surface area contributed by atoms with Gasteiger partial charge in [0.25, 0.3) is 0 Å². The maximum Gasteiger partial charge on any atom is 0.326 e. The van der Waals surface area contributed by atoms with Gasteiger partial charge in [-0.2, -0.15) is 0 Å². The van der Waals surface area contributed by atoms with Crippen molar-refractivity contribution in [1.29, 1.82) is 0 Å². The Bertz CT molecular complexity index is 428. The van der Waals surface area contributed by atoms with E-state index in [9.17, 15) is 4.79 Å². The molecule has 0 heterocycles. The van der Waals surface area contributed by atoms with Gasteiger partial charge in [-0.1, -0.05) is 28.1 Å². The number of ether oxygens (including phenoxy) is 1. The summed E-state index contributed by atoms with van der Waals surface area (Å²) in [5.41, 5.74) is 0.489. The summed E-state index contributed by atoms with van der Waals surface area (Å²) in [6.07, 6.45) is 2.93. The molecule has 1 aliphatic rings. The molecular formula is C14H18BrNO2. The lowest BCUT2D eigenvalue weighted by Gasteiger charge is -2.28. The predicted molar refractivity (Wildman–Crippen MR) is 74.4 cm³/mol. The van der Waals surface area contributed by atoms with Crippen LogP contribution in [0.25, 0.3) is 0 Å². The molecule has 98 valence electrons. The molecule has 18 heavy (non-hydrogen) atoms. The van der Waals surface area contributed by atoms with Crippen molar-refractivity contribution in [2.24, 2.45) is 0 Å². The summed E-state index contributed by atoms with van der Waals surface area (Å²) >= 11 is 3.41. The minimum Gasteiger partial charge on any atom is -0.468 e. The Labute approximate surface area is 116 Å². The van der Waals surface area contributed by atoms with Crippen LogP contribution in [0.15, 0.2) is 28.7 Å². The quantitative estimate of drug-likeness (QED) is 0.850. The average molecular weight is 312 g/mol. The van der Waals surface area contributed by atoms with Gasteiger partial charge in [0.1, 0.15) is 5.54 Å². The molecule has 0 spiro atoms. The molecular weight excluding hydrogens is 294 g/mol. The summed E-state index contributed by atoms with van der Waals surface area (Å²) in [6.45, 7) is 1.92. The van der Waals surface area contributed by atoms with E-state index in [1.807, 2.05) is 31.2 Å². The lowest BCUT2D eigenvalue weighted by atomic mass is 9.92. The normalized spacial score (nSPS) is 18.2. The number of hydrogen-bond acceptors (Lipinski definition) is 3. The SMILES string of the molecule is COC(=O)C(C)(Cc1ccc(Br)cc1)NC1CC1. The van der Waals surface area contributed by atoms with E-state index >= 15 is 0 Å². The number of carbonyl (C=O) groups is 1. The number of hydrogen-bond donors (Lipinski definition) is 1. The lowest BCUT2D eigenvalue weighted by Crippen LogP contribution is -2.52. The molecule has 3 nitrogen and oxygen atoms in total. The molecule has 1 aliphatic carbocycles. The van der Waals surface area contributed by atoms with Gasteiger partial charge in [-0.05, 0) is 37.5 Å². The lowest BCUT2D eigenvalue weighted by molar-refractivity contribution is -0.148. The van der Waals surface area contributed by atoms with Crippen LogP contribution in [0.3, 0.4) is 0 Å². The molecule has 0 aliphatic heterocycles. The van der Waals surface area contributed by atoms with Gasteiger partial charge in [-0.15, -0.1) is 0 Å². The summed E-state index contributed by atoms with van der Waals surface area (Å²) in [7, 11) is 1.44. The van der Waals surface area contributed by atoms with Crippen molar-refractivity contribution < 1.29 is 9.53 Å². The van der Waals surface area contributed by atoms with Gasteiger partial charge in [-0.3, -0.25) is 10.1 Å². The summed E-state index contributed by atoms with van der Waals surface area (Å²) in [6, 6.07) is 8.50. The minimum atomic E-state index is -0.635. The van der Waals surface area contributed by atoms with Crippen LogP contribution in [0.2, 0.25) is 0 Å². The Kier molecular flexibility index (Phi) is 4.07. The Morgan fingerprint density at radius 2 is 2.06 bits per heavy atom. The van der Waals surface area contributed by atoms with E-state index in [0.29, 0.717) is 12.5 Å². The second-order valence-corrected chi connectivity index (χ2v) is 5.96. The van der Waals surface area contributed by atoms with E-state index in [-0.39, 0.29) is 5.97 Å². The summed E-state index contributed by atoms with van der Waals surface area (Å²) in [4.78, 5) is 12.0.